The van der Waals surface area contributed by atoms with Gasteiger partial charge in [0.2, 0.25) is 0 Å². The SMILES string of the molecule is CC1=CC(=O)C(C)=C(C[C@H](C)CC2CC2C)C1=O. The molecular weight excluding hydrogens is 224 g/mol. The molecule has 0 aromatic heterocycles. The largest absolute Gasteiger partial charge is 0.290 e. The van der Waals surface area contributed by atoms with E-state index in [1.807, 2.05) is 0 Å². The fourth-order valence-electron chi connectivity index (χ4n) is 2.85. The quantitative estimate of drug-likeness (QED) is 0.712. The van der Waals surface area contributed by atoms with Gasteiger partial charge in [-0.15, -0.1) is 0 Å². The highest BCUT2D eigenvalue weighted by Crippen LogP contribution is 2.43. The Hall–Kier alpha value is -1.18. The van der Waals surface area contributed by atoms with E-state index in [2.05, 4.69) is 13.8 Å². The van der Waals surface area contributed by atoms with E-state index in [-0.39, 0.29) is 11.6 Å². The summed E-state index contributed by atoms with van der Waals surface area (Å²) in [6.07, 6.45) is 4.73. The summed E-state index contributed by atoms with van der Waals surface area (Å²) in [5.74, 6) is 2.27. The van der Waals surface area contributed by atoms with Gasteiger partial charge in [0, 0.05) is 16.7 Å². The van der Waals surface area contributed by atoms with Crippen molar-refractivity contribution in [2.45, 2.75) is 47.0 Å². The van der Waals surface area contributed by atoms with E-state index in [1.165, 1.54) is 18.9 Å². The van der Waals surface area contributed by atoms with Crippen LogP contribution in [-0.2, 0) is 9.59 Å². The third-order valence-electron chi connectivity index (χ3n) is 4.34. The zero-order chi connectivity index (χ0) is 13.4. The van der Waals surface area contributed by atoms with Crippen molar-refractivity contribution >= 4 is 11.6 Å². The second-order valence-electron chi connectivity index (χ2n) is 6.14. The Labute approximate surface area is 109 Å². The lowest BCUT2D eigenvalue weighted by Crippen LogP contribution is -2.18. The van der Waals surface area contributed by atoms with Crippen LogP contribution >= 0.6 is 0 Å². The van der Waals surface area contributed by atoms with Gasteiger partial charge >= 0.3 is 0 Å². The maximum atomic E-state index is 12.1. The van der Waals surface area contributed by atoms with Crippen LogP contribution < -0.4 is 0 Å². The summed E-state index contributed by atoms with van der Waals surface area (Å²) in [5.41, 5.74) is 2.00. The van der Waals surface area contributed by atoms with Crippen molar-refractivity contribution in [2.75, 3.05) is 0 Å². The van der Waals surface area contributed by atoms with Crippen LogP contribution in [0, 0.1) is 17.8 Å². The molecule has 2 aliphatic rings. The molecule has 98 valence electrons. The molecule has 0 aromatic rings. The van der Waals surface area contributed by atoms with Gasteiger partial charge in [-0.2, -0.15) is 0 Å². The summed E-state index contributed by atoms with van der Waals surface area (Å²) in [4.78, 5) is 23.8. The van der Waals surface area contributed by atoms with Gasteiger partial charge in [-0.1, -0.05) is 13.8 Å². The van der Waals surface area contributed by atoms with Gasteiger partial charge in [0.1, 0.15) is 0 Å². The van der Waals surface area contributed by atoms with Gasteiger partial charge < -0.3 is 0 Å². The van der Waals surface area contributed by atoms with Crippen LogP contribution in [-0.4, -0.2) is 11.6 Å². The summed E-state index contributed by atoms with van der Waals surface area (Å²) < 4.78 is 0. The number of carbonyl (C=O) groups is 2. The van der Waals surface area contributed by atoms with Crippen LogP contribution in [0.3, 0.4) is 0 Å². The predicted octanol–water partition coefficient (Wildman–Crippen LogP) is 3.47. The van der Waals surface area contributed by atoms with Crippen LogP contribution in [0.5, 0.6) is 0 Å². The van der Waals surface area contributed by atoms with E-state index in [1.54, 1.807) is 13.8 Å². The maximum Gasteiger partial charge on any atom is 0.185 e. The predicted molar refractivity (Wildman–Crippen MR) is 72.1 cm³/mol. The Balaban J connectivity index is 2.04. The first-order valence-electron chi connectivity index (χ1n) is 6.87. The lowest BCUT2D eigenvalue weighted by atomic mass is 9.84. The lowest BCUT2D eigenvalue weighted by Gasteiger charge is -2.18. The third-order valence-corrected chi connectivity index (χ3v) is 4.34. The molecule has 2 rings (SSSR count). The molecule has 0 heterocycles. The van der Waals surface area contributed by atoms with Gasteiger partial charge in [0.05, 0.1) is 0 Å². The monoisotopic (exact) mass is 246 g/mol. The molecule has 0 amide bonds. The summed E-state index contributed by atoms with van der Waals surface area (Å²) in [5, 5.41) is 0. The molecule has 2 nitrogen and oxygen atoms in total. The fourth-order valence-corrected chi connectivity index (χ4v) is 2.85. The molecule has 18 heavy (non-hydrogen) atoms. The number of hydrogen-bond acceptors (Lipinski definition) is 2. The second kappa shape index (κ2) is 4.83. The standard InChI is InChI=1S/C16H22O2/c1-9(5-13-7-10(13)2)6-14-12(4)15(17)8-11(3)16(14)18/h8-10,13H,5-7H2,1-4H3/t9-,10?,13?/m1/s1. The molecule has 0 bridgehead atoms. The normalized spacial score (nSPS) is 29.4. The first-order valence-corrected chi connectivity index (χ1v) is 6.87. The molecule has 0 aliphatic heterocycles. The third kappa shape index (κ3) is 2.63. The molecule has 0 radical (unpaired) electrons. The first-order chi connectivity index (χ1) is 8.40. The average molecular weight is 246 g/mol. The van der Waals surface area contributed by atoms with Crippen LogP contribution in [0.4, 0.5) is 0 Å². The smallest absolute Gasteiger partial charge is 0.185 e. The molecule has 1 fully saturated rings. The van der Waals surface area contributed by atoms with Gasteiger partial charge in [-0.3, -0.25) is 9.59 Å². The number of carbonyl (C=O) groups excluding carboxylic acids is 2. The zero-order valence-electron chi connectivity index (χ0n) is 11.7. The lowest BCUT2D eigenvalue weighted by molar-refractivity contribution is -0.116. The Morgan fingerprint density at radius 1 is 1.33 bits per heavy atom. The minimum Gasteiger partial charge on any atom is -0.290 e. The second-order valence-corrected chi connectivity index (χ2v) is 6.14. The number of hydrogen-bond donors (Lipinski definition) is 0. The van der Waals surface area contributed by atoms with Crippen molar-refractivity contribution in [1.29, 1.82) is 0 Å². The van der Waals surface area contributed by atoms with Gasteiger partial charge in [-0.25, -0.2) is 0 Å². The molecule has 2 unspecified atom stereocenters. The summed E-state index contributed by atoms with van der Waals surface area (Å²) in [7, 11) is 0. The number of ketones is 2. The number of rotatable bonds is 4. The van der Waals surface area contributed by atoms with Crippen LogP contribution in [0.2, 0.25) is 0 Å². The van der Waals surface area contributed by atoms with Crippen molar-refractivity contribution in [3.8, 4) is 0 Å². The van der Waals surface area contributed by atoms with Crippen molar-refractivity contribution in [3.63, 3.8) is 0 Å². The Morgan fingerprint density at radius 2 is 1.94 bits per heavy atom. The number of Topliss-reactive ketones (excluding diaryl/α,β-unsaturated/α-hetero) is 1. The highest BCUT2D eigenvalue weighted by Gasteiger charge is 2.34. The van der Waals surface area contributed by atoms with Gasteiger partial charge in [0.25, 0.3) is 0 Å². The summed E-state index contributed by atoms with van der Waals surface area (Å²) in [6, 6.07) is 0. The minimum atomic E-state index is 0.00842. The fraction of sp³-hybridized carbons (Fsp3) is 0.625. The molecule has 1 saturated carbocycles. The molecule has 0 spiro atoms. The van der Waals surface area contributed by atoms with E-state index in [4.69, 9.17) is 0 Å². The molecule has 0 saturated heterocycles. The van der Waals surface area contributed by atoms with Crippen LogP contribution in [0.1, 0.15) is 47.0 Å². The van der Waals surface area contributed by atoms with Crippen LogP contribution in [0.15, 0.2) is 22.8 Å². The zero-order valence-corrected chi connectivity index (χ0v) is 11.7. The first kappa shape index (κ1) is 13.3. The van der Waals surface area contributed by atoms with E-state index in [0.717, 1.165) is 23.8 Å². The van der Waals surface area contributed by atoms with E-state index < -0.39 is 0 Å². The number of allylic oxidation sites excluding steroid dienone is 4. The molecule has 0 aromatic carbocycles. The van der Waals surface area contributed by atoms with E-state index >= 15 is 0 Å². The Morgan fingerprint density at radius 3 is 2.50 bits per heavy atom. The summed E-state index contributed by atoms with van der Waals surface area (Å²) in [6.45, 7) is 7.99. The summed E-state index contributed by atoms with van der Waals surface area (Å²) >= 11 is 0. The topological polar surface area (TPSA) is 34.1 Å². The van der Waals surface area contributed by atoms with Crippen molar-refractivity contribution in [3.05, 3.63) is 22.8 Å². The van der Waals surface area contributed by atoms with E-state index in [9.17, 15) is 9.59 Å². The Kier molecular flexibility index (Phi) is 3.56. The minimum absolute atomic E-state index is 0.00842. The van der Waals surface area contributed by atoms with Crippen molar-refractivity contribution in [1.82, 2.24) is 0 Å². The molecule has 2 aliphatic carbocycles. The van der Waals surface area contributed by atoms with E-state index in [0.29, 0.717) is 17.1 Å². The molecule has 0 N–H and O–H groups in total. The Bertz CT molecular complexity index is 454. The highest BCUT2D eigenvalue weighted by atomic mass is 16.1. The molecule has 3 atom stereocenters. The average Bonchev–Trinajstić information content (AvgIpc) is 2.97. The molecule has 2 heteroatoms. The van der Waals surface area contributed by atoms with Crippen molar-refractivity contribution in [2.24, 2.45) is 17.8 Å². The molecular formula is C16H22O2. The van der Waals surface area contributed by atoms with Crippen LogP contribution in [0.25, 0.3) is 0 Å². The van der Waals surface area contributed by atoms with Gasteiger partial charge in [0.15, 0.2) is 11.6 Å². The van der Waals surface area contributed by atoms with Gasteiger partial charge in [-0.05, 0) is 56.9 Å². The maximum absolute atomic E-state index is 12.1. The van der Waals surface area contributed by atoms with Crippen molar-refractivity contribution < 1.29 is 9.59 Å². The highest BCUT2D eigenvalue weighted by molar-refractivity contribution is 6.22.